The van der Waals surface area contributed by atoms with Gasteiger partial charge in [-0.2, -0.15) is 4.39 Å². The number of halogens is 1. The first-order chi connectivity index (χ1) is 7.77. The maximum absolute atomic E-state index is 12.6. The van der Waals surface area contributed by atoms with Crippen molar-refractivity contribution in [2.45, 2.75) is 6.42 Å². The summed E-state index contributed by atoms with van der Waals surface area (Å²) >= 11 is 0. The second kappa shape index (κ2) is 5.03. The van der Waals surface area contributed by atoms with Gasteiger partial charge in [0.1, 0.15) is 0 Å². The average Bonchev–Trinajstić information content (AvgIpc) is 2.57. The molecule has 1 amide bonds. The highest BCUT2D eigenvalue weighted by molar-refractivity contribution is 5.93. The van der Waals surface area contributed by atoms with Gasteiger partial charge in [-0.25, -0.2) is 4.98 Å². The van der Waals surface area contributed by atoms with Crippen LogP contribution in [-0.2, 0) is 4.74 Å². The number of pyridine rings is 1. The molecule has 1 aromatic heterocycles. The monoisotopic (exact) mass is 224 g/mol. The van der Waals surface area contributed by atoms with Crippen molar-refractivity contribution >= 4 is 5.91 Å². The number of rotatable bonds is 1. The fourth-order valence-corrected chi connectivity index (χ4v) is 1.63. The molecule has 0 N–H and O–H groups in total. The largest absolute Gasteiger partial charge is 0.380 e. The molecular formula is C11H13FN2O2. The van der Waals surface area contributed by atoms with Gasteiger partial charge in [0.05, 0.1) is 12.2 Å². The van der Waals surface area contributed by atoms with Gasteiger partial charge in [0.25, 0.3) is 5.91 Å². The molecule has 4 nitrogen and oxygen atoms in total. The van der Waals surface area contributed by atoms with Crippen LogP contribution in [0, 0.1) is 5.95 Å². The molecule has 0 unspecified atom stereocenters. The molecule has 2 rings (SSSR count). The smallest absolute Gasteiger partial charge is 0.255 e. The van der Waals surface area contributed by atoms with Crippen molar-refractivity contribution in [1.82, 2.24) is 9.88 Å². The third-order valence-electron chi connectivity index (χ3n) is 2.48. The predicted molar refractivity (Wildman–Crippen MR) is 55.5 cm³/mol. The first-order valence-electron chi connectivity index (χ1n) is 5.26. The van der Waals surface area contributed by atoms with Crippen LogP contribution in [0.5, 0.6) is 0 Å². The quantitative estimate of drug-likeness (QED) is 0.670. The lowest BCUT2D eigenvalue weighted by atomic mass is 10.2. The van der Waals surface area contributed by atoms with Crippen LogP contribution in [0.25, 0.3) is 0 Å². The van der Waals surface area contributed by atoms with Gasteiger partial charge in [0, 0.05) is 25.9 Å². The zero-order valence-electron chi connectivity index (χ0n) is 8.86. The van der Waals surface area contributed by atoms with Gasteiger partial charge in [-0.15, -0.1) is 0 Å². The highest BCUT2D eigenvalue weighted by Gasteiger charge is 2.17. The molecule has 1 saturated heterocycles. The molecule has 16 heavy (non-hydrogen) atoms. The second-order valence-electron chi connectivity index (χ2n) is 3.63. The molecule has 0 saturated carbocycles. The van der Waals surface area contributed by atoms with Crippen LogP contribution in [0.15, 0.2) is 18.3 Å². The van der Waals surface area contributed by atoms with Gasteiger partial charge in [-0.3, -0.25) is 4.79 Å². The van der Waals surface area contributed by atoms with Gasteiger partial charge in [0.15, 0.2) is 0 Å². The molecule has 2 heterocycles. The van der Waals surface area contributed by atoms with Crippen molar-refractivity contribution in [2.24, 2.45) is 0 Å². The lowest BCUT2D eigenvalue weighted by Gasteiger charge is -2.19. The number of carbonyl (C=O) groups is 1. The Morgan fingerprint density at radius 1 is 1.38 bits per heavy atom. The summed E-state index contributed by atoms with van der Waals surface area (Å²) in [5.41, 5.74) is 0.420. The molecule has 0 radical (unpaired) electrons. The van der Waals surface area contributed by atoms with E-state index in [9.17, 15) is 9.18 Å². The summed E-state index contributed by atoms with van der Waals surface area (Å²) in [4.78, 5) is 17.2. The Balaban J connectivity index is 2.08. The Hall–Kier alpha value is -1.49. The van der Waals surface area contributed by atoms with Crippen LogP contribution < -0.4 is 0 Å². The van der Waals surface area contributed by atoms with Crippen molar-refractivity contribution in [3.05, 3.63) is 29.8 Å². The van der Waals surface area contributed by atoms with Crippen LogP contribution in [0.1, 0.15) is 16.8 Å². The Morgan fingerprint density at radius 2 is 2.25 bits per heavy atom. The SMILES string of the molecule is O=C(c1ccc(F)nc1)N1CCCOCC1. The van der Waals surface area contributed by atoms with Crippen molar-refractivity contribution in [1.29, 1.82) is 0 Å². The zero-order chi connectivity index (χ0) is 11.4. The van der Waals surface area contributed by atoms with E-state index in [0.29, 0.717) is 31.9 Å². The Labute approximate surface area is 93.0 Å². The summed E-state index contributed by atoms with van der Waals surface area (Å²) in [6, 6.07) is 2.65. The normalized spacial score (nSPS) is 16.9. The molecule has 0 aliphatic carbocycles. The van der Waals surface area contributed by atoms with E-state index in [0.717, 1.165) is 6.42 Å². The molecule has 0 aromatic carbocycles. The topological polar surface area (TPSA) is 42.4 Å². The maximum Gasteiger partial charge on any atom is 0.255 e. The number of hydrogen-bond acceptors (Lipinski definition) is 3. The number of ether oxygens (including phenoxy) is 1. The standard InChI is InChI=1S/C11H13FN2O2/c12-10-3-2-9(8-13-10)11(15)14-4-1-6-16-7-5-14/h2-3,8H,1,4-7H2. The van der Waals surface area contributed by atoms with Gasteiger partial charge in [-0.05, 0) is 18.6 Å². The number of hydrogen-bond donors (Lipinski definition) is 0. The van der Waals surface area contributed by atoms with Crippen LogP contribution in [-0.4, -0.2) is 42.1 Å². The summed E-state index contributed by atoms with van der Waals surface area (Å²) in [6.45, 7) is 2.50. The highest BCUT2D eigenvalue weighted by atomic mass is 19.1. The Kier molecular flexibility index (Phi) is 3.46. The lowest BCUT2D eigenvalue weighted by Crippen LogP contribution is -2.33. The number of aromatic nitrogens is 1. The van der Waals surface area contributed by atoms with E-state index in [2.05, 4.69) is 4.98 Å². The first kappa shape index (κ1) is 11.0. The van der Waals surface area contributed by atoms with E-state index in [1.165, 1.54) is 18.3 Å². The molecule has 1 aliphatic rings. The Bertz CT molecular complexity index is 359. The summed E-state index contributed by atoms with van der Waals surface area (Å²) in [5, 5.41) is 0. The zero-order valence-corrected chi connectivity index (χ0v) is 8.86. The third-order valence-corrected chi connectivity index (χ3v) is 2.48. The number of amides is 1. The fourth-order valence-electron chi connectivity index (χ4n) is 1.63. The molecule has 5 heteroatoms. The van der Waals surface area contributed by atoms with Crippen molar-refractivity contribution < 1.29 is 13.9 Å². The van der Waals surface area contributed by atoms with Crippen molar-refractivity contribution in [2.75, 3.05) is 26.3 Å². The van der Waals surface area contributed by atoms with Gasteiger partial charge < -0.3 is 9.64 Å². The number of nitrogens with zero attached hydrogens (tertiary/aromatic N) is 2. The molecule has 1 aliphatic heterocycles. The van der Waals surface area contributed by atoms with Crippen LogP contribution >= 0.6 is 0 Å². The van der Waals surface area contributed by atoms with Crippen LogP contribution in [0.3, 0.4) is 0 Å². The summed E-state index contributed by atoms with van der Waals surface area (Å²) in [7, 11) is 0. The average molecular weight is 224 g/mol. The molecule has 1 fully saturated rings. The molecular weight excluding hydrogens is 211 g/mol. The summed E-state index contributed by atoms with van der Waals surface area (Å²) in [5.74, 6) is -0.686. The highest BCUT2D eigenvalue weighted by Crippen LogP contribution is 2.07. The molecule has 0 spiro atoms. The van der Waals surface area contributed by atoms with Crippen molar-refractivity contribution in [3.63, 3.8) is 0 Å². The van der Waals surface area contributed by atoms with E-state index in [-0.39, 0.29) is 5.91 Å². The van der Waals surface area contributed by atoms with E-state index in [1.807, 2.05) is 0 Å². The van der Waals surface area contributed by atoms with E-state index in [1.54, 1.807) is 4.90 Å². The molecule has 0 atom stereocenters. The van der Waals surface area contributed by atoms with Crippen LogP contribution in [0.4, 0.5) is 4.39 Å². The van der Waals surface area contributed by atoms with E-state index < -0.39 is 5.95 Å². The second-order valence-corrected chi connectivity index (χ2v) is 3.63. The minimum atomic E-state index is -0.573. The summed E-state index contributed by atoms with van der Waals surface area (Å²) in [6.07, 6.45) is 2.10. The van der Waals surface area contributed by atoms with Crippen molar-refractivity contribution in [3.8, 4) is 0 Å². The molecule has 0 bridgehead atoms. The van der Waals surface area contributed by atoms with E-state index in [4.69, 9.17) is 4.74 Å². The maximum atomic E-state index is 12.6. The Morgan fingerprint density at radius 3 is 3.00 bits per heavy atom. The van der Waals surface area contributed by atoms with Gasteiger partial charge in [-0.1, -0.05) is 0 Å². The molecule has 86 valence electrons. The van der Waals surface area contributed by atoms with Gasteiger partial charge >= 0.3 is 0 Å². The van der Waals surface area contributed by atoms with Crippen LogP contribution in [0.2, 0.25) is 0 Å². The fraction of sp³-hybridized carbons (Fsp3) is 0.455. The first-order valence-corrected chi connectivity index (χ1v) is 5.26. The summed E-state index contributed by atoms with van der Waals surface area (Å²) < 4.78 is 17.9. The van der Waals surface area contributed by atoms with E-state index >= 15 is 0 Å². The lowest BCUT2D eigenvalue weighted by molar-refractivity contribution is 0.0741. The molecule has 1 aromatic rings. The van der Waals surface area contributed by atoms with Gasteiger partial charge in [0.2, 0.25) is 5.95 Å². The minimum absolute atomic E-state index is 0.113. The number of carbonyl (C=O) groups excluding carboxylic acids is 1. The minimum Gasteiger partial charge on any atom is -0.380 e. The predicted octanol–water partition coefficient (Wildman–Crippen LogP) is 1.08. The third kappa shape index (κ3) is 2.55.